The summed E-state index contributed by atoms with van der Waals surface area (Å²) in [6.07, 6.45) is 0. The molecule has 0 bridgehead atoms. The highest BCUT2D eigenvalue weighted by molar-refractivity contribution is 7.89. The standard InChI is InChI=1S/C15H16ClN3O4S.ClH/c16-11-3-1-2-10(8-11)12-9-18-6-7-19(12)15(20)13-4-5-14(23-13)24(17,21)22;/h1-5,8,12,18H,6-7,9H2,(H2,17,21,22);1H. The van der Waals surface area contributed by atoms with E-state index in [1.165, 1.54) is 12.1 Å². The lowest BCUT2D eigenvalue weighted by Gasteiger charge is -2.36. The Bertz CT molecular complexity index is 869. The molecule has 1 aliphatic rings. The molecule has 2 heterocycles. The first-order valence-corrected chi connectivity index (χ1v) is 9.18. The lowest BCUT2D eigenvalue weighted by Crippen LogP contribution is -2.48. The maximum Gasteiger partial charge on any atom is 0.290 e. The summed E-state index contributed by atoms with van der Waals surface area (Å²) in [4.78, 5) is 14.4. The molecule has 25 heavy (non-hydrogen) atoms. The molecular formula is C15H17Cl2N3O4S. The first kappa shape index (κ1) is 19.7. The van der Waals surface area contributed by atoms with E-state index in [1.807, 2.05) is 12.1 Å². The third kappa shape index (κ3) is 4.34. The van der Waals surface area contributed by atoms with Crippen LogP contribution in [0.15, 0.2) is 45.9 Å². The van der Waals surface area contributed by atoms with Crippen molar-refractivity contribution < 1.29 is 17.6 Å². The summed E-state index contributed by atoms with van der Waals surface area (Å²) in [7, 11) is -3.98. The van der Waals surface area contributed by atoms with E-state index in [1.54, 1.807) is 17.0 Å². The van der Waals surface area contributed by atoms with Crippen LogP contribution in [0.4, 0.5) is 0 Å². The molecule has 1 aromatic carbocycles. The number of carbonyl (C=O) groups excluding carboxylic acids is 1. The number of amides is 1. The van der Waals surface area contributed by atoms with Crippen molar-refractivity contribution in [3.05, 3.63) is 52.7 Å². The first-order chi connectivity index (χ1) is 11.4. The summed E-state index contributed by atoms with van der Waals surface area (Å²) < 4.78 is 27.7. The van der Waals surface area contributed by atoms with Crippen LogP contribution in [0.2, 0.25) is 5.02 Å². The van der Waals surface area contributed by atoms with Crippen LogP contribution < -0.4 is 10.5 Å². The number of nitrogens with two attached hydrogens (primary N) is 1. The molecule has 0 spiro atoms. The van der Waals surface area contributed by atoms with Crippen LogP contribution in [0.25, 0.3) is 0 Å². The van der Waals surface area contributed by atoms with Gasteiger partial charge in [-0.3, -0.25) is 4.79 Å². The van der Waals surface area contributed by atoms with Gasteiger partial charge in [-0.15, -0.1) is 12.4 Å². The highest BCUT2D eigenvalue weighted by Gasteiger charge is 2.31. The lowest BCUT2D eigenvalue weighted by molar-refractivity contribution is 0.0596. The monoisotopic (exact) mass is 405 g/mol. The van der Waals surface area contributed by atoms with Crippen molar-refractivity contribution in [3.8, 4) is 0 Å². The topological polar surface area (TPSA) is 106 Å². The van der Waals surface area contributed by atoms with Crippen LogP contribution in [0.5, 0.6) is 0 Å². The third-order valence-electron chi connectivity index (χ3n) is 3.81. The van der Waals surface area contributed by atoms with Gasteiger partial charge in [0.05, 0.1) is 6.04 Å². The van der Waals surface area contributed by atoms with Gasteiger partial charge in [0.15, 0.2) is 5.76 Å². The van der Waals surface area contributed by atoms with Crippen LogP contribution in [-0.4, -0.2) is 38.9 Å². The van der Waals surface area contributed by atoms with Crippen molar-refractivity contribution in [2.45, 2.75) is 11.1 Å². The predicted molar refractivity (Wildman–Crippen MR) is 95.4 cm³/mol. The SMILES string of the molecule is Cl.NS(=O)(=O)c1ccc(C(=O)N2CCNCC2c2cccc(Cl)c2)o1. The molecule has 1 atom stereocenters. The summed E-state index contributed by atoms with van der Waals surface area (Å²) >= 11 is 6.04. The highest BCUT2D eigenvalue weighted by Crippen LogP contribution is 2.27. The predicted octanol–water partition coefficient (Wildman–Crippen LogP) is 1.79. The van der Waals surface area contributed by atoms with Crippen LogP contribution in [-0.2, 0) is 10.0 Å². The number of rotatable bonds is 3. The summed E-state index contributed by atoms with van der Waals surface area (Å²) in [5.74, 6) is -0.454. The average molecular weight is 406 g/mol. The van der Waals surface area contributed by atoms with Crippen molar-refractivity contribution in [1.29, 1.82) is 0 Å². The van der Waals surface area contributed by atoms with Crippen molar-refractivity contribution in [2.24, 2.45) is 5.14 Å². The Labute approximate surface area is 156 Å². The minimum atomic E-state index is -3.98. The number of primary sulfonamides is 1. The Hall–Kier alpha value is -1.58. The van der Waals surface area contributed by atoms with Gasteiger partial charge in [-0.2, -0.15) is 0 Å². The van der Waals surface area contributed by atoms with E-state index >= 15 is 0 Å². The molecule has 10 heteroatoms. The fourth-order valence-electron chi connectivity index (χ4n) is 2.69. The molecule has 2 aromatic rings. The molecule has 1 aliphatic heterocycles. The van der Waals surface area contributed by atoms with E-state index in [2.05, 4.69) is 5.32 Å². The van der Waals surface area contributed by atoms with Crippen molar-refractivity contribution >= 4 is 39.9 Å². The molecule has 7 nitrogen and oxygen atoms in total. The minimum Gasteiger partial charge on any atom is -0.438 e. The van der Waals surface area contributed by atoms with E-state index < -0.39 is 21.0 Å². The Morgan fingerprint density at radius 3 is 2.72 bits per heavy atom. The second-order valence-corrected chi connectivity index (χ2v) is 7.37. The van der Waals surface area contributed by atoms with Gasteiger partial charge < -0.3 is 14.6 Å². The summed E-state index contributed by atoms with van der Waals surface area (Å²) in [6, 6.07) is 9.55. The number of nitrogens with one attached hydrogen (secondary N) is 1. The van der Waals surface area contributed by atoms with Gasteiger partial charge in [-0.25, -0.2) is 13.6 Å². The van der Waals surface area contributed by atoms with Gasteiger partial charge in [0.2, 0.25) is 5.09 Å². The van der Waals surface area contributed by atoms with E-state index in [0.717, 1.165) is 5.56 Å². The third-order valence-corrected chi connectivity index (χ3v) is 4.83. The normalized spacial score (nSPS) is 17.8. The number of benzene rings is 1. The van der Waals surface area contributed by atoms with Gasteiger partial charge in [-0.1, -0.05) is 23.7 Å². The van der Waals surface area contributed by atoms with Crippen molar-refractivity contribution in [1.82, 2.24) is 10.2 Å². The maximum atomic E-state index is 12.7. The molecule has 3 rings (SSSR count). The molecular weight excluding hydrogens is 389 g/mol. The van der Waals surface area contributed by atoms with Crippen LogP contribution in [0, 0.1) is 0 Å². The molecule has 1 amide bonds. The molecule has 0 aliphatic carbocycles. The van der Waals surface area contributed by atoms with E-state index in [9.17, 15) is 13.2 Å². The Morgan fingerprint density at radius 1 is 1.32 bits per heavy atom. The molecule has 0 radical (unpaired) electrons. The zero-order chi connectivity index (χ0) is 17.3. The Kier molecular flexibility index (Phi) is 6.12. The van der Waals surface area contributed by atoms with Gasteiger partial charge in [-0.05, 0) is 29.8 Å². The van der Waals surface area contributed by atoms with Crippen molar-refractivity contribution in [2.75, 3.05) is 19.6 Å². The Morgan fingerprint density at radius 2 is 2.08 bits per heavy atom. The molecule has 1 unspecified atom stereocenters. The number of nitrogens with zero attached hydrogens (tertiary/aromatic N) is 1. The lowest BCUT2D eigenvalue weighted by atomic mass is 10.0. The first-order valence-electron chi connectivity index (χ1n) is 7.26. The van der Waals surface area contributed by atoms with E-state index in [0.29, 0.717) is 24.7 Å². The van der Waals surface area contributed by atoms with E-state index in [4.69, 9.17) is 21.2 Å². The van der Waals surface area contributed by atoms with Crippen LogP contribution in [0.1, 0.15) is 22.2 Å². The number of hydrogen-bond acceptors (Lipinski definition) is 5. The second kappa shape index (κ2) is 7.76. The zero-order valence-corrected chi connectivity index (χ0v) is 15.4. The fraction of sp³-hybridized carbons (Fsp3) is 0.267. The van der Waals surface area contributed by atoms with E-state index in [-0.39, 0.29) is 24.2 Å². The summed E-state index contributed by atoms with van der Waals surface area (Å²) in [5, 5.41) is 8.40. The molecule has 3 N–H and O–H groups in total. The van der Waals surface area contributed by atoms with Gasteiger partial charge in [0, 0.05) is 24.7 Å². The molecule has 136 valence electrons. The molecule has 1 fully saturated rings. The molecule has 0 saturated carbocycles. The summed E-state index contributed by atoms with van der Waals surface area (Å²) in [6.45, 7) is 1.65. The number of carbonyl (C=O) groups is 1. The van der Waals surface area contributed by atoms with Gasteiger partial charge in [0.1, 0.15) is 0 Å². The van der Waals surface area contributed by atoms with Crippen molar-refractivity contribution in [3.63, 3.8) is 0 Å². The Balaban J connectivity index is 0.00000225. The van der Waals surface area contributed by atoms with Crippen LogP contribution >= 0.6 is 24.0 Å². The molecule has 1 aromatic heterocycles. The summed E-state index contributed by atoms with van der Waals surface area (Å²) in [5.41, 5.74) is 0.890. The number of halogens is 2. The average Bonchev–Trinajstić information content (AvgIpc) is 3.04. The number of hydrogen-bond donors (Lipinski definition) is 2. The minimum absolute atomic E-state index is 0. The number of piperazine rings is 1. The zero-order valence-electron chi connectivity index (χ0n) is 13.0. The fourth-order valence-corrected chi connectivity index (χ4v) is 3.35. The molecule has 1 saturated heterocycles. The van der Waals surface area contributed by atoms with Crippen LogP contribution in [0.3, 0.4) is 0 Å². The number of sulfonamides is 1. The maximum absolute atomic E-state index is 12.7. The highest BCUT2D eigenvalue weighted by atomic mass is 35.5. The van der Waals surface area contributed by atoms with Gasteiger partial charge >= 0.3 is 0 Å². The number of furan rings is 1. The van der Waals surface area contributed by atoms with Gasteiger partial charge in [0.25, 0.3) is 15.9 Å². The largest absolute Gasteiger partial charge is 0.438 e. The second-order valence-electron chi connectivity index (χ2n) is 5.44. The quantitative estimate of drug-likeness (QED) is 0.809. The smallest absolute Gasteiger partial charge is 0.290 e.